The summed E-state index contributed by atoms with van der Waals surface area (Å²) in [6, 6.07) is 8.74. The number of hydrogen-bond donors (Lipinski definition) is 1. The van der Waals surface area contributed by atoms with E-state index in [2.05, 4.69) is 17.4 Å². The highest BCUT2D eigenvalue weighted by Gasteiger charge is 2.21. The Morgan fingerprint density at radius 2 is 2.06 bits per heavy atom. The van der Waals surface area contributed by atoms with E-state index in [1.165, 1.54) is 24.8 Å². The van der Waals surface area contributed by atoms with Gasteiger partial charge in [-0.25, -0.2) is 0 Å². The number of hydrogen-bond acceptors (Lipinski definition) is 3. The second kappa shape index (κ2) is 6.76. The zero-order valence-corrected chi connectivity index (χ0v) is 11.3. The van der Waals surface area contributed by atoms with E-state index in [1.807, 2.05) is 19.2 Å². The van der Waals surface area contributed by atoms with Crippen LogP contribution in [0.2, 0.25) is 0 Å². The van der Waals surface area contributed by atoms with Gasteiger partial charge in [-0.1, -0.05) is 18.2 Å². The minimum atomic E-state index is 0.425. The first-order valence-corrected chi connectivity index (χ1v) is 6.71. The van der Waals surface area contributed by atoms with Crippen molar-refractivity contribution in [3.05, 3.63) is 29.8 Å². The predicted molar refractivity (Wildman–Crippen MR) is 72.9 cm³/mol. The van der Waals surface area contributed by atoms with Gasteiger partial charge in [-0.15, -0.1) is 0 Å². The molecule has 0 saturated heterocycles. The highest BCUT2D eigenvalue weighted by atomic mass is 16.5. The minimum Gasteiger partial charge on any atom is -0.496 e. The SMILES string of the molecule is COc1ccccc1CN[C@H]1CCC[C@H](OC)C1. The van der Waals surface area contributed by atoms with Crippen LogP contribution in [0.5, 0.6) is 5.75 Å². The van der Waals surface area contributed by atoms with Gasteiger partial charge in [0.25, 0.3) is 0 Å². The van der Waals surface area contributed by atoms with E-state index in [0.717, 1.165) is 18.7 Å². The largest absolute Gasteiger partial charge is 0.496 e. The number of para-hydroxylation sites is 1. The van der Waals surface area contributed by atoms with Gasteiger partial charge in [-0.05, 0) is 31.7 Å². The van der Waals surface area contributed by atoms with Gasteiger partial charge in [-0.2, -0.15) is 0 Å². The maximum atomic E-state index is 5.45. The van der Waals surface area contributed by atoms with Gasteiger partial charge in [0.05, 0.1) is 13.2 Å². The molecule has 2 rings (SSSR count). The summed E-state index contributed by atoms with van der Waals surface area (Å²) in [4.78, 5) is 0. The van der Waals surface area contributed by atoms with Gasteiger partial charge >= 0.3 is 0 Å². The molecule has 0 unspecified atom stereocenters. The topological polar surface area (TPSA) is 30.5 Å². The van der Waals surface area contributed by atoms with Crippen molar-refractivity contribution in [1.82, 2.24) is 5.32 Å². The fourth-order valence-corrected chi connectivity index (χ4v) is 2.65. The Kier molecular flexibility index (Phi) is 5.02. The van der Waals surface area contributed by atoms with Crippen LogP contribution in [-0.4, -0.2) is 26.4 Å². The first kappa shape index (κ1) is 13.4. The molecular formula is C15H23NO2. The first-order valence-electron chi connectivity index (χ1n) is 6.71. The molecule has 1 fully saturated rings. The van der Waals surface area contributed by atoms with Gasteiger partial charge < -0.3 is 14.8 Å². The number of ether oxygens (including phenoxy) is 2. The molecule has 3 heteroatoms. The average Bonchev–Trinajstić information content (AvgIpc) is 2.45. The van der Waals surface area contributed by atoms with Crippen LogP contribution in [-0.2, 0) is 11.3 Å². The highest BCUT2D eigenvalue weighted by Crippen LogP contribution is 2.22. The molecule has 1 N–H and O–H groups in total. The fraction of sp³-hybridized carbons (Fsp3) is 0.600. The maximum absolute atomic E-state index is 5.45. The lowest BCUT2D eigenvalue weighted by molar-refractivity contribution is 0.0586. The van der Waals surface area contributed by atoms with Gasteiger partial charge in [0.1, 0.15) is 5.75 Å². The summed E-state index contributed by atoms with van der Waals surface area (Å²) < 4.78 is 10.8. The third-order valence-electron chi connectivity index (χ3n) is 3.73. The zero-order valence-electron chi connectivity index (χ0n) is 11.3. The van der Waals surface area contributed by atoms with E-state index in [0.29, 0.717) is 12.1 Å². The molecule has 1 aliphatic carbocycles. The summed E-state index contributed by atoms with van der Waals surface area (Å²) in [6.07, 6.45) is 5.24. The Morgan fingerprint density at radius 3 is 2.83 bits per heavy atom. The van der Waals surface area contributed by atoms with Gasteiger partial charge in [-0.3, -0.25) is 0 Å². The van der Waals surface area contributed by atoms with E-state index < -0.39 is 0 Å². The molecule has 3 nitrogen and oxygen atoms in total. The molecule has 0 aliphatic heterocycles. The summed E-state index contributed by atoms with van der Waals surface area (Å²) in [5, 5.41) is 3.62. The van der Waals surface area contributed by atoms with Crippen LogP contribution >= 0.6 is 0 Å². The molecule has 0 bridgehead atoms. The molecule has 0 aromatic heterocycles. The number of nitrogens with one attached hydrogen (secondary N) is 1. The van der Waals surface area contributed by atoms with Crippen molar-refractivity contribution in [2.45, 2.75) is 44.4 Å². The Bertz CT molecular complexity index is 367. The van der Waals surface area contributed by atoms with Crippen molar-refractivity contribution in [3.63, 3.8) is 0 Å². The summed E-state index contributed by atoms with van der Waals surface area (Å²) in [7, 11) is 3.54. The number of rotatable bonds is 5. The van der Waals surface area contributed by atoms with E-state index in [4.69, 9.17) is 9.47 Å². The van der Waals surface area contributed by atoms with Crippen LogP contribution in [0.3, 0.4) is 0 Å². The molecule has 0 heterocycles. The Balaban J connectivity index is 1.87. The van der Waals surface area contributed by atoms with Crippen LogP contribution in [0.4, 0.5) is 0 Å². The van der Waals surface area contributed by atoms with Crippen molar-refractivity contribution in [2.24, 2.45) is 0 Å². The van der Waals surface area contributed by atoms with E-state index >= 15 is 0 Å². The van der Waals surface area contributed by atoms with E-state index in [9.17, 15) is 0 Å². The number of methoxy groups -OCH3 is 2. The Morgan fingerprint density at radius 1 is 1.22 bits per heavy atom. The molecule has 18 heavy (non-hydrogen) atoms. The van der Waals surface area contributed by atoms with Crippen molar-refractivity contribution in [1.29, 1.82) is 0 Å². The molecule has 1 aromatic carbocycles. The molecule has 2 atom stereocenters. The molecule has 0 spiro atoms. The maximum Gasteiger partial charge on any atom is 0.123 e. The predicted octanol–water partition coefficient (Wildman–Crippen LogP) is 2.74. The smallest absolute Gasteiger partial charge is 0.123 e. The van der Waals surface area contributed by atoms with Crippen molar-refractivity contribution in [2.75, 3.05) is 14.2 Å². The standard InChI is InChI=1S/C15H23NO2/c1-17-14-8-5-7-13(10-14)16-11-12-6-3-4-9-15(12)18-2/h3-4,6,9,13-14,16H,5,7-8,10-11H2,1-2H3/t13-,14-/m0/s1. The van der Waals surface area contributed by atoms with Gasteiger partial charge in [0.15, 0.2) is 0 Å². The molecular weight excluding hydrogens is 226 g/mol. The van der Waals surface area contributed by atoms with E-state index in [1.54, 1.807) is 7.11 Å². The highest BCUT2D eigenvalue weighted by molar-refractivity contribution is 5.33. The second-order valence-electron chi connectivity index (χ2n) is 4.91. The van der Waals surface area contributed by atoms with Crippen molar-refractivity contribution >= 4 is 0 Å². The van der Waals surface area contributed by atoms with Crippen LogP contribution in [0, 0.1) is 0 Å². The molecule has 0 amide bonds. The Labute approximate surface area is 109 Å². The van der Waals surface area contributed by atoms with Crippen molar-refractivity contribution < 1.29 is 9.47 Å². The normalized spacial score (nSPS) is 23.9. The summed E-state index contributed by atoms with van der Waals surface area (Å²) in [5.41, 5.74) is 1.22. The van der Waals surface area contributed by atoms with Crippen LogP contribution in [0.1, 0.15) is 31.2 Å². The van der Waals surface area contributed by atoms with Crippen LogP contribution in [0.25, 0.3) is 0 Å². The molecule has 100 valence electrons. The lowest BCUT2D eigenvalue weighted by Gasteiger charge is -2.29. The number of benzene rings is 1. The van der Waals surface area contributed by atoms with Gasteiger partial charge in [0, 0.05) is 25.3 Å². The lowest BCUT2D eigenvalue weighted by atomic mass is 9.92. The zero-order chi connectivity index (χ0) is 12.8. The average molecular weight is 249 g/mol. The van der Waals surface area contributed by atoms with E-state index in [-0.39, 0.29) is 0 Å². The monoisotopic (exact) mass is 249 g/mol. The van der Waals surface area contributed by atoms with Gasteiger partial charge in [0.2, 0.25) is 0 Å². The summed E-state index contributed by atoms with van der Waals surface area (Å²) >= 11 is 0. The first-order chi connectivity index (χ1) is 8.83. The lowest BCUT2D eigenvalue weighted by Crippen LogP contribution is -2.36. The molecule has 1 aliphatic rings. The Hall–Kier alpha value is -1.06. The molecule has 0 radical (unpaired) electrons. The minimum absolute atomic E-state index is 0.425. The molecule has 1 aromatic rings. The summed E-state index contributed by atoms with van der Waals surface area (Å²) in [5.74, 6) is 0.962. The molecule has 1 saturated carbocycles. The third kappa shape index (κ3) is 3.47. The second-order valence-corrected chi connectivity index (χ2v) is 4.91. The fourth-order valence-electron chi connectivity index (χ4n) is 2.65. The van der Waals surface area contributed by atoms with Crippen LogP contribution < -0.4 is 10.1 Å². The quantitative estimate of drug-likeness (QED) is 0.870. The van der Waals surface area contributed by atoms with Crippen molar-refractivity contribution in [3.8, 4) is 5.75 Å². The van der Waals surface area contributed by atoms with Crippen LogP contribution in [0.15, 0.2) is 24.3 Å². The summed E-state index contributed by atoms with van der Waals surface area (Å²) in [6.45, 7) is 0.866. The third-order valence-corrected chi connectivity index (χ3v) is 3.73.